The summed E-state index contributed by atoms with van der Waals surface area (Å²) in [7, 11) is -12.5. The van der Waals surface area contributed by atoms with Crippen molar-refractivity contribution in [1.82, 2.24) is 0 Å². The van der Waals surface area contributed by atoms with E-state index in [0.29, 0.717) is 27.8 Å². The van der Waals surface area contributed by atoms with E-state index in [-0.39, 0.29) is 104 Å². The molecule has 0 N–H and O–H groups in total. The second kappa shape index (κ2) is 27.5. The van der Waals surface area contributed by atoms with Crippen molar-refractivity contribution in [3.63, 3.8) is 0 Å². The zero-order valence-corrected chi connectivity index (χ0v) is 52.0. The average Bonchev–Trinajstić information content (AvgIpc) is 3.33. The van der Waals surface area contributed by atoms with Crippen LogP contribution in [0.25, 0.3) is 32.7 Å². The van der Waals surface area contributed by atoms with Gasteiger partial charge in [-0.2, -0.15) is 0 Å². The van der Waals surface area contributed by atoms with Gasteiger partial charge >= 0.3 is 93.7 Å². The van der Waals surface area contributed by atoms with Gasteiger partial charge in [0, 0.05) is 0 Å². The molecule has 0 aliphatic carbocycles. The van der Waals surface area contributed by atoms with E-state index in [1.807, 2.05) is 97.1 Å². The van der Waals surface area contributed by atoms with E-state index in [1.54, 1.807) is 24.3 Å². The monoisotopic (exact) mass is 1320 g/mol. The van der Waals surface area contributed by atoms with Crippen molar-refractivity contribution < 1.29 is 124 Å². The molecule has 6 nitrogen and oxygen atoms in total. The van der Waals surface area contributed by atoms with Crippen LogP contribution in [0.2, 0.25) is 0 Å². The molecule has 0 amide bonds. The molecule has 0 aliphatic heterocycles. The fourth-order valence-corrected chi connectivity index (χ4v) is 14.4. The van der Waals surface area contributed by atoms with Gasteiger partial charge in [0.05, 0.1) is 9.79 Å². The second-order valence-electron chi connectivity index (χ2n) is 15.6. The summed E-state index contributed by atoms with van der Waals surface area (Å²) in [6, 6.07) is 65.6. The minimum absolute atomic E-state index is 0. The molecule has 69 heavy (non-hydrogen) atoms. The molecule has 0 aliphatic rings. The summed E-state index contributed by atoms with van der Waals surface area (Å²) >= 11 is 4.40. The van der Waals surface area contributed by atoms with Gasteiger partial charge in [0.1, 0.15) is 20.2 Å². The van der Waals surface area contributed by atoms with Crippen LogP contribution in [0.3, 0.4) is 0 Å². The van der Waals surface area contributed by atoms with Crippen LogP contribution in [0.4, 0.5) is 0 Å². The first-order valence-electron chi connectivity index (χ1n) is 20.9. The Labute approximate surface area is 491 Å². The Balaban J connectivity index is 0.000000612. The number of benzene rings is 9. The van der Waals surface area contributed by atoms with Crippen molar-refractivity contribution in [2.75, 3.05) is 0 Å². The summed E-state index contributed by atoms with van der Waals surface area (Å²) in [6.07, 6.45) is 0. The van der Waals surface area contributed by atoms with Crippen molar-refractivity contribution in [3.05, 3.63) is 217 Å². The van der Waals surface area contributed by atoms with E-state index in [0.717, 1.165) is 31.8 Å². The molecule has 342 valence electrons. The van der Waals surface area contributed by atoms with Crippen LogP contribution in [0.1, 0.15) is 30.9 Å². The SMILES string of the molecule is Cc1ccc(C(C)C)cc1.O=S(=O)([O-])c1cccc2c(-c3c(P(c4ccccc4)c4ccccc4)ccc4c(S(=O)(=O)[O-])cccc34)c(P(c3ccccc3)c3ccccc3)ccc12.[I-].[Na+].[Na+].[Ru+][I]. The molecule has 0 spiro atoms. The summed E-state index contributed by atoms with van der Waals surface area (Å²) in [5.41, 5.74) is 4.09. The van der Waals surface area contributed by atoms with Crippen molar-refractivity contribution in [1.29, 1.82) is 0 Å². The Morgan fingerprint density at radius 1 is 0.420 bits per heavy atom. The minimum atomic E-state index is -4.91. The van der Waals surface area contributed by atoms with Crippen LogP contribution in [0, 0.1) is 6.92 Å². The van der Waals surface area contributed by atoms with Gasteiger partial charge in [-0.25, -0.2) is 16.8 Å². The molecule has 9 rings (SSSR count). The van der Waals surface area contributed by atoms with Crippen LogP contribution in [0.15, 0.2) is 216 Å². The zero-order chi connectivity index (χ0) is 47.0. The quantitative estimate of drug-likeness (QED) is 0.0898. The molecule has 0 fully saturated rings. The number of hydrogen-bond acceptors (Lipinski definition) is 6. The standard InChI is InChI=1S/C44H32O6P2S2.C10H14.2HI.2Na.Ru/c45-53(46,47)41-25-13-23-37-35(41)27-29-39(51(31-15-5-1-6-16-31)32-17-7-2-8-18-32)43(37)44-38-24-14-26-42(54(48,49)50)36(38)28-30-40(44)52(33-19-9-3-10-20-33)34-21-11-4-12-22-34;1-8(2)10-6-4-9(3)5-7-10;;;;;/h1-30H,(H,45,46,47)(H,48,49,50);4-8H,1-3H3;2*1H;;;/q;;;;2*+1;+2/p-4. The van der Waals surface area contributed by atoms with E-state index in [2.05, 4.69) is 128 Å². The van der Waals surface area contributed by atoms with Crippen LogP contribution in [-0.4, -0.2) is 25.9 Å². The third kappa shape index (κ3) is 14.3. The third-order valence-corrected chi connectivity index (χ3v) is 17.8. The molecule has 0 radical (unpaired) electrons. The van der Waals surface area contributed by atoms with E-state index in [4.69, 9.17) is 0 Å². The number of halogens is 2. The molecule has 0 bridgehead atoms. The maximum absolute atomic E-state index is 12.8. The van der Waals surface area contributed by atoms with Crippen LogP contribution in [-0.2, 0) is 35.0 Å². The van der Waals surface area contributed by atoms with Crippen molar-refractivity contribution in [2.45, 2.75) is 36.5 Å². The molecule has 0 saturated heterocycles. The normalized spacial score (nSPS) is 11.1. The first kappa shape index (κ1) is 59.8. The fourth-order valence-electron chi connectivity index (χ4n) is 8.08. The van der Waals surface area contributed by atoms with E-state index < -0.39 is 36.1 Å². The van der Waals surface area contributed by atoms with Crippen molar-refractivity contribution in [2.24, 2.45) is 0 Å². The molecule has 0 unspecified atom stereocenters. The summed E-state index contributed by atoms with van der Waals surface area (Å²) in [4.78, 5) is -0.705. The molecule has 0 saturated carbocycles. The fraction of sp³-hybridized carbons (Fsp3) is 0.0741. The second-order valence-corrected chi connectivity index (χ2v) is 22.7. The Morgan fingerprint density at radius 2 is 0.725 bits per heavy atom. The molecule has 9 aromatic rings. The summed E-state index contributed by atoms with van der Waals surface area (Å²) in [5.74, 6) is 0.653. The van der Waals surface area contributed by atoms with Gasteiger partial charge < -0.3 is 33.1 Å². The van der Waals surface area contributed by atoms with Crippen molar-refractivity contribution >= 4 is 109 Å². The number of aryl methyl sites for hydroxylation is 1. The molecule has 9 aromatic carbocycles. The Morgan fingerprint density at radius 3 is 1.00 bits per heavy atom. The Hall–Kier alpha value is -1.74. The predicted molar refractivity (Wildman–Crippen MR) is 280 cm³/mol. The molecule has 15 heteroatoms. The molecule has 0 aromatic heterocycles. The van der Waals surface area contributed by atoms with E-state index >= 15 is 0 Å². The van der Waals surface area contributed by atoms with Gasteiger partial charge in [-0.15, -0.1) is 0 Å². The van der Waals surface area contributed by atoms with E-state index in [1.165, 1.54) is 23.3 Å². The summed E-state index contributed by atoms with van der Waals surface area (Å²) in [5, 5.41) is 7.41. The van der Waals surface area contributed by atoms with Gasteiger partial charge in [0.15, 0.2) is 0 Å². The first-order valence-corrected chi connectivity index (χ1v) is 31.5. The Kier molecular flexibility index (Phi) is 23.9. The number of hydrogen-bond donors (Lipinski definition) is 0. The molecule has 0 atom stereocenters. The van der Waals surface area contributed by atoms with Gasteiger partial charge in [0.2, 0.25) is 0 Å². The van der Waals surface area contributed by atoms with Gasteiger partial charge in [-0.05, 0) is 111 Å². The van der Waals surface area contributed by atoms with Crippen LogP contribution >= 0.6 is 35.6 Å². The van der Waals surface area contributed by atoms with Gasteiger partial charge in [0.25, 0.3) is 0 Å². The third-order valence-electron chi connectivity index (χ3n) is 11.1. The number of fused-ring (bicyclic) bond motifs is 2. The summed E-state index contributed by atoms with van der Waals surface area (Å²) in [6.45, 7) is 6.54. The number of rotatable bonds is 10. The first-order chi connectivity index (χ1) is 31.8. The Bertz CT molecular complexity index is 3050. The van der Waals surface area contributed by atoms with E-state index in [9.17, 15) is 25.9 Å². The van der Waals surface area contributed by atoms with Crippen LogP contribution < -0.4 is 115 Å². The summed E-state index contributed by atoms with van der Waals surface area (Å²) < 4.78 is 76.9. The zero-order valence-electron chi connectivity index (χ0n) is 38.5. The topological polar surface area (TPSA) is 114 Å². The average molecular weight is 1320 g/mol. The molecule has 0 heterocycles. The molecular weight excluding hydrogens is 1270 g/mol. The predicted octanol–water partition coefficient (Wildman–Crippen LogP) is 2.00. The van der Waals surface area contributed by atoms with Gasteiger partial charge in [-0.1, -0.05) is 214 Å². The maximum atomic E-state index is 12.8. The molecular formula is C54H44I2Na2O6P2RuS2. The van der Waals surface area contributed by atoms with Crippen molar-refractivity contribution in [3.8, 4) is 11.1 Å². The van der Waals surface area contributed by atoms with Crippen LogP contribution in [0.5, 0.6) is 0 Å². The van der Waals surface area contributed by atoms with Gasteiger partial charge in [-0.3, -0.25) is 0 Å².